The van der Waals surface area contributed by atoms with Crippen molar-refractivity contribution in [3.05, 3.63) is 4.13 Å². The van der Waals surface area contributed by atoms with Gasteiger partial charge in [0.15, 0.2) is 20.0 Å². The molecule has 0 N–H and O–H groups in total. The maximum atomic E-state index is 14.7. The number of rotatable bonds is 10. The van der Waals surface area contributed by atoms with Crippen LogP contribution in [0, 0.1) is 40.4 Å². The molecular formula is C23H32F4NO6S2-. The summed E-state index contributed by atoms with van der Waals surface area (Å²) in [7, 11) is -13.1. The summed E-state index contributed by atoms with van der Waals surface area (Å²) in [5.41, 5.74) is -0.767. The van der Waals surface area contributed by atoms with E-state index in [0.717, 1.165) is 25.7 Å². The van der Waals surface area contributed by atoms with Crippen LogP contribution in [0.1, 0.15) is 78.6 Å². The van der Waals surface area contributed by atoms with E-state index in [1.165, 1.54) is 0 Å². The Morgan fingerprint density at radius 3 is 1.81 bits per heavy atom. The Kier molecular flexibility index (Phi) is 6.57. The van der Waals surface area contributed by atoms with Crippen molar-refractivity contribution in [3.63, 3.8) is 0 Å². The van der Waals surface area contributed by atoms with E-state index in [-0.39, 0.29) is 23.2 Å². The molecular weight excluding hydrogens is 526 g/mol. The topological polar surface area (TPSA) is 117 Å². The van der Waals surface area contributed by atoms with Crippen molar-refractivity contribution >= 4 is 31.6 Å². The predicted molar refractivity (Wildman–Crippen MR) is 122 cm³/mol. The maximum Gasteiger partial charge on any atom is 0.387 e. The predicted octanol–water partition coefficient (Wildman–Crippen LogP) is 5.02. The van der Waals surface area contributed by atoms with Gasteiger partial charge < -0.3 is 4.13 Å². The number of ketones is 2. The molecule has 13 heteroatoms. The van der Waals surface area contributed by atoms with E-state index in [9.17, 15) is 44.0 Å². The second-order valence-corrected chi connectivity index (χ2v) is 15.6. The minimum atomic E-state index is -6.55. The summed E-state index contributed by atoms with van der Waals surface area (Å²) >= 11 is 0. The van der Waals surface area contributed by atoms with Crippen LogP contribution < -0.4 is 0 Å². The van der Waals surface area contributed by atoms with Crippen LogP contribution in [-0.4, -0.2) is 38.9 Å². The SMILES string of the molecule is CC1(C)C2CCC1(C)C(CC(=O)C(F)(F)S(=O)(=O)[N-]S(=O)(=O)C(F)(F)C(=O)CC1CC3CCC1C3)C2. The summed E-state index contributed by atoms with van der Waals surface area (Å²) in [5, 5.41) is -10.6. The van der Waals surface area contributed by atoms with Gasteiger partial charge in [0.2, 0.25) is 11.6 Å². The highest BCUT2D eigenvalue weighted by atomic mass is 32.3. The number of Topliss-reactive ketones (excluding diaryl/α,β-unsaturated/α-hetero) is 2. The van der Waals surface area contributed by atoms with Crippen molar-refractivity contribution < 1.29 is 44.0 Å². The number of sulfonamides is 2. The Morgan fingerprint density at radius 2 is 1.39 bits per heavy atom. The highest BCUT2D eigenvalue weighted by Gasteiger charge is 2.63. The molecule has 0 aliphatic heterocycles. The Bertz CT molecular complexity index is 1170. The highest BCUT2D eigenvalue weighted by Crippen LogP contribution is 2.69. The monoisotopic (exact) mass is 558 g/mol. The van der Waals surface area contributed by atoms with Crippen LogP contribution in [0.15, 0.2) is 0 Å². The van der Waals surface area contributed by atoms with Gasteiger partial charge in [-0.05, 0) is 78.9 Å². The number of hydrogen-bond donors (Lipinski definition) is 0. The molecule has 0 amide bonds. The van der Waals surface area contributed by atoms with E-state index < -0.39 is 72.2 Å². The normalized spacial score (nSPS) is 35.9. The van der Waals surface area contributed by atoms with E-state index in [2.05, 4.69) is 0 Å². The molecule has 4 rings (SSSR count). The second kappa shape index (κ2) is 8.46. The molecule has 4 saturated carbocycles. The number of hydrogen-bond acceptors (Lipinski definition) is 6. The van der Waals surface area contributed by atoms with E-state index in [1.807, 2.05) is 24.9 Å². The molecule has 7 nitrogen and oxygen atoms in total. The smallest absolute Gasteiger partial charge is 0.387 e. The molecule has 6 atom stereocenters. The zero-order valence-corrected chi connectivity index (χ0v) is 22.1. The Hall–Kier alpha value is -1.08. The quantitative estimate of drug-likeness (QED) is 0.348. The lowest BCUT2D eigenvalue weighted by Crippen LogP contribution is -2.44. The Balaban J connectivity index is 1.46. The van der Waals surface area contributed by atoms with E-state index in [0.29, 0.717) is 19.3 Å². The van der Waals surface area contributed by atoms with Crippen LogP contribution in [0.2, 0.25) is 0 Å². The summed E-state index contributed by atoms with van der Waals surface area (Å²) in [6.07, 6.45) is 3.14. The number of carbonyl (C=O) groups is 2. The lowest BCUT2D eigenvalue weighted by atomic mass is 9.65. The number of nitrogens with zero attached hydrogens (tertiary/aromatic N) is 1. The molecule has 0 heterocycles. The lowest BCUT2D eigenvalue weighted by molar-refractivity contribution is -0.135. The van der Waals surface area contributed by atoms with Gasteiger partial charge in [0.25, 0.3) is 0 Å². The lowest BCUT2D eigenvalue weighted by Gasteiger charge is -2.39. The third-order valence-electron chi connectivity index (χ3n) is 10.2. The van der Waals surface area contributed by atoms with Crippen molar-refractivity contribution in [1.29, 1.82) is 0 Å². The van der Waals surface area contributed by atoms with Gasteiger partial charge in [-0.3, -0.25) is 9.59 Å². The Morgan fingerprint density at radius 1 is 0.833 bits per heavy atom. The van der Waals surface area contributed by atoms with Crippen LogP contribution in [0.4, 0.5) is 17.6 Å². The first-order valence-corrected chi connectivity index (χ1v) is 15.2. The number of carbonyl (C=O) groups excluding carboxylic acids is 2. The van der Waals surface area contributed by atoms with E-state index in [1.54, 1.807) is 0 Å². The average Bonchev–Trinajstić information content (AvgIpc) is 3.45. The van der Waals surface area contributed by atoms with Crippen molar-refractivity contribution in [1.82, 2.24) is 0 Å². The number of halogens is 4. The van der Waals surface area contributed by atoms with Gasteiger partial charge in [-0.15, -0.1) is 0 Å². The van der Waals surface area contributed by atoms with Crippen LogP contribution in [0.25, 0.3) is 4.13 Å². The molecule has 36 heavy (non-hydrogen) atoms. The average molecular weight is 559 g/mol. The molecule has 0 aromatic heterocycles. The number of fused-ring (bicyclic) bond motifs is 4. The molecule has 4 aliphatic rings. The molecule has 4 fully saturated rings. The molecule has 206 valence electrons. The molecule has 4 aliphatic carbocycles. The fraction of sp³-hybridized carbons (Fsp3) is 0.913. The molecule has 0 spiro atoms. The highest BCUT2D eigenvalue weighted by molar-refractivity contribution is 8.13. The van der Waals surface area contributed by atoms with Crippen LogP contribution in [0.5, 0.6) is 0 Å². The third kappa shape index (κ3) is 4.06. The summed E-state index contributed by atoms with van der Waals surface area (Å²) < 4.78 is 109. The van der Waals surface area contributed by atoms with Crippen molar-refractivity contribution in [2.45, 2.75) is 89.1 Å². The fourth-order valence-electron chi connectivity index (χ4n) is 7.51. The Labute approximate surface area is 209 Å². The molecule has 6 unspecified atom stereocenters. The summed E-state index contributed by atoms with van der Waals surface area (Å²) in [6.45, 7) is 5.77. The minimum Gasteiger partial charge on any atom is -0.425 e. The molecule has 0 aromatic carbocycles. The molecule has 0 radical (unpaired) electrons. The van der Waals surface area contributed by atoms with Gasteiger partial charge >= 0.3 is 10.5 Å². The zero-order chi connectivity index (χ0) is 27.1. The van der Waals surface area contributed by atoms with Crippen LogP contribution in [-0.2, 0) is 29.6 Å². The standard InChI is InChI=1S/C23H32F4NO6S2/c1-20(2)16-6-7-21(20,3)17(11-16)12-19(30)23(26,27)36(33,34)28-35(31,32)22(24,25)18(29)10-15-9-13-4-5-14(15)8-13/h13-17H,4-12H2,1-3H3/q-1. The molecule has 4 bridgehead atoms. The maximum absolute atomic E-state index is 14.7. The van der Waals surface area contributed by atoms with Gasteiger partial charge in [0.05, 0.1) is 0 Å². The van der Waals surface area contributed by atoms with Gasteiger partial charge in [-0.1, -0.05) is 27.2 Å². The van der Waals surface area contributed by atoms with Crippen LogP contribution >= 0.6 is 0 Å². The first-order chi connectivity index (χ1) is 16.3. The van der Waals surface area contributed by atoms with Gasteiger partial charge in [0.1, 0.15) is 0 Å². The van der Waals surface area contributed by atoms with E-state index >= 15 is 0 Å². The minimum absolute atomic E-state index is 0.00207. The first-order valence-electron chi connectivity index (χ1n) is 12.3. The van der Waals surface area contributed by atoms with Gasteiger partial charge in [0, 0.05) is 12.8 Å². The molecule has 0 saturated heterocycles. The summed E-state index contributed by atoms with van der Waals surface area (Å²) in [4.78, 5) is 24.6. The second-order valence-electron chi connectivity index (χ2n) is 12.1. The first kappa shape index (κ1) is 27.9. The third-order valence-corrected chi connectivity index (χ3v) is 13.6. The van der Waals surface area contributed by atoms with Crippen LogP contribution in [0.3, 0.4) is 0 Å². The van der Waals surface area contributed by atoms with Crippen molar-refractivity contribution in [3.8, 4) is 0 Å². The van der Waals surface area contributed by atoms with E-state index in [4.69, 9.17) is 0 Å². The summed E-state index contributed by atoms with van der Waals surface area (Å²) in [5.74, 6) is -4.77. The van der Waals surface area contributed by atoms with Gasteiger partial charge in [-0.25, -0.2) is 16.8 Å². The van der Waals surface area contributed by atoms with Gasteiger partial charge in [-0.2, -0.15) is 17.6 Å². The number of alkyl halides is 4. The van der Waals surface area contributed by atoms with Crippen molar-refractivity contribution in [2.75, 3.05) is 0 Å². The van der Waals surface area contributed by atoms with Crippen molar-refractivity contribution in [2.24, 2.45) is 40.4 Å². The zero-order valence-electron chi connectivity index (χ0n) is 20.5. The largest absolute Gasteiger partial charge is 0.425 e. The summed E-state index contributed by atoms with van der Waals surface area (Å²) in [6, 6.07) is 0. The molecule has 0 aromatic rings. The fourth-order valence-corrected chi connectivity index (χ4v) is 10.0.